The molecule has 1 aromatic heterocycles. The zero-order chi connectivity index (χ0) is 19.9. The normalized spacial score (nSPS) is 17.2. The van der Waals surface area contributed by atoms with Crippen LogP contribution in [0.4, 0.5) is 5.69 Å². The maximum Gasteiger partial charge on any atom is 0.339 e. The second kappa shape index (κ2) is 6.92. The molecule has 8 nitrogen and oxygen atoms in total. The number of sulfonamides is 1. The molecule has 9 heteroatoms. The Morgan fingerprint density at radius 3 is 2.86 bits per heavy atom. The van der Waals surface area contributed by atoms with E-state index in [0.717, 1.165) is 5.56 Å². The van der Waals surface area contributed by atoms with Crippen molar-refractivity contribution in [3.05, 3.63) is 46.8 Å². The van der Waals surface area contributed by atoms with Gasteiger partial charge in [0.1, 0.15) is 0 Å². The van der Waals surface area contributed by atoms with E-state index >= 15 is 0 Å². The lowest BCUT2D eigenvalue weighted by Crippen LogP contribution is -2.24. The summed E-state index contributed by atoms with van der Waals surface area (Å²) in [4.78, 5) is 27.4. The van der Waals surface area contributed by atoms with E-state index in [1.165, 1.54) is 12.1 Å². The Balaban J connectivity index is 1.76. The molecule has 0 saturated carbocycles. The van der Waals surface area contributed by atoms with Crippen molar-refractivity contribution in [1.29, 1.82) is 0 Å². The highest BCUT2D eigenvalue weighted by Gasteiger charge is 2.28. The number of cyclic esters (lactones) is 1. The Morgan fingerprint density at radius 2 is 2.07 bits per heavy atom. The Labute approximate surface area is 162 Å². The molecule has 1 amide bonds. The number of rotatable bonds is 5. The summed E-state index contributed by atoms with van der Waals surface area (Å²) in [6.07, 6.45) is 4.43. The van der Waals surface area contributed by atoms with E-state index in [4.69, 9.17) is 4.74 Å². The van der Waals surface area contributed by atoms with Crippen molar-refractivity contribution in [3.8, 4) is 0 Å². The van der Waals surface area contributed by atoms with Gasteiger partial charge in [-0.15, -0.1) is 0 Å². The number of amides is 1. The van der Waals surface area contributed by atoms with Gasteiger partial charge < -0.3 is 15.0 Å². The summed E-state index contributed by atoms with van der Waals surface area (Å²) >= 11 is 0. The molecular weight excluding hydrogens is 382 g/mol. The standard InChI is InChI=1S/C19H19N3O5S/c1-2-6-21-28(25,26)11-3-4-16-13(8-11)14(18(23)22-16)9-17-12-5-7-27-19(24)15(12)10-20-17/h3-4,8-10,20-21H,2,5-7H2,1H3,(H,22,23). The number of ether oxygens (including phenoxy) is 1. The first-order chi connectivity index (χ1) is 13.4. The molecule has 2 aliphatic heterocycles. The lowest BCUT2D eigenvalue weighted by Gasteiger charge is -2.12. The zero-order valence-corrected chi connectivity index (χ0v) is 16.0. The highest BCUT2D eigenvalue weighted by atomic mass is 32.2. The van der Waals surface area contributed by atoms with Crippen molar-refractivity contribution in [2.24, 2.45) is 0 Å². The Bertz CT molecular complexity index is 1110. The Hall–Kier alpha value is -2.91. The van der Waals surface area contributed by atoms with Crippen molar-refractivity contribution in [1.82, 2.24) is 9.71 Å². The van der Waals surface area contributed by atoms with Crippen LogP contribution in [0.25, 0.3) is 11.6 Å². The number of hydrogen-bond donors (Lipinski definition) is 3. The topological polar surface area (TPSA) is 117 Å². The highest BCUT2D eigenvalue weighted by molar-refractivity contribution is 7.89. The highest BCUT2D eigenvalue weighted by Crippen LogP contribution is 2.35. The van der Waals surface area contributed by atoms with Crippen molar-refractivity contribution in [2.75, 3.05) is 18.5 Å². The van der Waals surface area contributed by atoms with Crippen molar-refractivity contribution in [2.45, 2.75) is 24.7 Å². The van der Waals surface area contributed by atoms with Crippen LogP contribution in [0.5, 0.6) is 0 Å². The summed E-state index contributed by atoms with van der Waals surface area (Å²) in [5.41, 5.74) is 3.28. The number of H-pyrrole nitrogens is 1. The van der Waals surface area contributed by atoms with E-state index in [9.17, 15) is 18.0 Å². The van der Waals surface area contributed by atoms with Gasteiger partial charge in [-0.1, -0.05) is 6.92 Å². The summed E-state index contributed by atoms with van der Waals surface area (Å²) in [7, 11) is -3.65. The number of nitrogens with one attached hydrogen (secondary N) is 3. The van der Waals surface area contributed by atoms with Gasteiger partial charge in [0, 0.05) is 36.1 Å². The van der Waals surface area contributed by atoms with Crippen LogP contribution in [0.2, 0.25) is 0 Å². The van der Waals surface area contributed by atoms with Crippen LogP contribution in [0.15, 0.2) is 29.3 Å². The van der Waals surface area contributed by atoms with E-state index < -0.39 is 16.0 Å². The van der Waals surface area contributed by atoms with Crippen molar-refractivity contribution < 1.29 is 22.7 Å². The monoisotopic (exact) mass is 401 g/mol. The molecule has 0 atom stereocenters. The van der Waals surface area contributed by atoms with Gasteiger partial charge in [0.2, 0.25) is 10.0 Å². The van der Waals surface area contributed by atoms with Gasteiger partial charge >= 0.3 is 5.97 Å². The van der Waals surface area contributed by atoms with Gasteiger partial charge in [-0.25, -0.2) is 17.9 Å². The van der Waals surface area contributed by atoms with Crippen LogP contribution in [0.3, 0.4) is 0 Å². The van der Waals surface area contributed by atoms with Crippen LogP contribution in [-0.4, -0.2) is 38.4 Å². The molecule has 0 radical (unpaired) electrons. The third-order valence-corrected chi connectivity index (χ3v) is 6.20. The molecule has 0 bridgehead atoms. The van der Waals surface area contributed by atoms with Crippen molar-refractivity contribution in [3.63, 3.8) is 0 Å². The molecule has 0 unspecified atom stereocenters. The minimum Gasteiger partial charge on any atom is -0.462 e. The SMILES string of the molecule is CCCNS(=O)(=O)c1ccc2c(c1)C(=Cc1[nH]cc3c1CCOC3=O)C(=O)N2. The number of aromatic nitrogens is 1. The van der Waals surface area contributed by atoms with Gasteiger partial charge in [-0.05, 0) is 36.3 Å². The van der Waals surface area contributed by atoms with Crippen molar-refractivity contribution >= 4 is 39.2 Å². The number of aromatic amines is 1. The summed E-state index contributed by atoms with van der Waals surface area (Å²) in [6.45, 7) is 2.50. The van der Waals surface area contributed by atoms with E-state index in [2.05, 4.69) is 15.0 Å². The van der Waals surface area contributed by atoms with Gasteiger partial charge in [0.15, 0.2) is 0 Å². The average molecular weight is 401 g/mol. The van der Waals surface area contributed by atoms with E-state index in [1.54, 1.807) is 18.3 Å². The van der Waals surface area contributed by atoms with Crippen LogP contribution in [-0.2, 0) is 26.0 Å². The van der Waals surface area contributed by atoms with Crippen LogP contribution < -0.4 is 10.0 Å². The van der Waals surface area contributed by atoms with Gasteiger partial charge in [-0.3, -0.25) is 4.79 Å². The quantitative estimate of drug-likeness (QED) is 0.523. The third kappa shape index (κ3) is 3.12. The fraction of sp³-hybridized carbons (Fsp3) is 0.263. The first kappa shape index (κ1) is 18.5. The Morgan fingerprint density at radius 1 is 1.25 bits per heavy atom. The second-order valence-electron chi connectivity index (χ2n) is 6.60. The number of carbonyl (C=O) groups is 2. The molecule has 0 spiro atoms. The summed E-state index contributed by atoms with van der Waals surface area (Å²) in [5, 5.41) is 2.74. The number of anilines is 1. The lowest BCUT2D eigenvalue weighted by molar-refractivity contribution is -0.110. The first-order valence-electron chi connectivity index (χ1n) is 8.95. The zero-order valence-electron chi connectivity index (χ0n) is 15.2. The molecule has 4 rings (SSSR count). The molecule has 1 aromatic carbocycles. The maximum atomic E-state index is 12.5. The molecule has 0 aliphatic carbocycles. The van der Waals surface area contributed by atoms with Gasteiger partial charge in [0.25, 0.3) is 5.91 Å². The minimum atomic E-state index is -3.65. The molecule has 2 aromatic rings. The number of fused-ring (bicyclic) bond motifs is 2. The first-order valence-corrected chi connectivity index (χ1v) is 10.4. The number of hydrogen-bond acceptors (Lipinski definition) is 5. The minimum absolute atomic E-state index is 0.0965. The molecule has 2 aliphatic rings. The summed E-state index contributed by atoms with van der Waals surface area (Å²) in [6, 6.07) is 4.53. The molecule has 3 N–H and O–H groups in total. The number of benzene rings is 1. The maximum absolute atomic E-state index is 12.5. The molecule has 146 valence electrons. The molecule has 0 fully saturated rings. The third-order valence-electron chi connectivity index (χ3n) is 4.74. The largest absolute Gasteiger partial charge is 0.462 e. The Kier molecular flexibility index (Phi) is 4.56. The second-order valence-corrected chi connectivity index (χ2v) is 8.36. The fourth-order valence-corrected chi connectivity index (χ4v) is 4.47. The van der Waals surface area contributed by atoms with Crippen LogP contribution in [0, 0.1) is 0 Å². The summed E-state index contributed by atoms with van der Waals surface area (Å²) in [5.74, 6) is -0.721. The fourth-order valence-electron chi connectivity index (χ4n) is 3.31. The predicted octanol–water partition coefficient (Wildman–Crippen LogP) is 1.91. The lowest BCUT2D eigenvalue weighted by atomic mass is 10.0. The summed E-state index contributed by atoms with van der Waals surface area (Å²) < 4.78 is 32.4. The smallest absolute Gasteiger partial charge is 0.339 e. The number of esters is 1. The van der Waals surface area contributed by atoms with E-state index in [1.807, 2.05) is 6.92 Å². The molecule has 28 heavy (non-hydrogen) atoms. The van der Waals surface area contributed by atoms with Gasteiger partial charge in [0.05, 0.1) is 22.6 Å². The van der Waals surface area contributed by atoms with Gasteiger partial charge in [-0.2, -0.15) is 0 Å². The van der Waals surface area contributed by atoms with E-state index in [-0.39, 0.29) is 17.4 Å². The number of carbonyl (C=O) groups excluding carboxylic acids is 2. The van der Waals surface area contributed by atoms with Crippen LogP contribution in [0.1, 0.15) is 40.5 Å². The predicted molar refractivity (Wildman–Crippen MR) is 103 cm³/mol. The van der Waals surface area contributed by atoms with E-state index in [0.29, 0.717) is 47.5 Å². The average Bonchev–Trinajstić information content (AvgIpc) is 3.22. The molecule has 0 saturated heterocycles. The molecular formula is C19H19N3O5S. The van der Waals surface area contributed by atoms with Crippen LogP contribution >= 0.6 is 0 Å². The molecule has 3 heterocycles.